The van der Waals surface area contributed by atoms with Crippen LogP contribution in [-0.2, 0) is 16.6 Å². The molecule has 5 rings (SSSR count). The molecule has 1 atom stereocenters. The lowest BCUT2D eigenvalue weighted by Crippen LogP contribution is -2.43. The predicted octanol–water partition coefficient (Wildman–Crippen LogP) is 2.86. The van der Waals surface area contributed by atoms with E-state index in [1.54, 1.807) is 10.4 Å². The number of aromatic nitrogens is 3. The van der Waals surface area contributed by atoms with Crippen LogP contribution < -0.4 is 5.76 Å². The van der Waals surface area contributed by atoms with Gasteiger partial charge >= 0.3 is 5.76 Å². The Labute approximate surface area is 173 Å². The molecule has 9 nitrogen and oxygen atoms in total. The number of hydrogen-bond acceptors (Lipinski definition) is 7. The Balaban J connectivity index is 1.47. The number of nitrogens with zero attached hydrogens (tertiary/aromatic N) is 4. The highest BCUT2D eigenvalue weighted by atomic mass is 32.2. The molecule has 0 amide bonds. The molecule has 10 heteroatoms. The number of oxazole rings is 1. The first-order chi connectivity index (χ1) is 14.5. The summed E-state index contributed by atoms with van der Waals surface area (Å²) >= 11 is 0. The van der Waals surface area contributed by atoms with Crippen molar-refractivity contribution in [2.24, 2.45) is 0 Å². The molecule has 160 valence electrons. The highest BCUT2D eigenvalue weighted by Gasteiger charge is 2.33. The second kappa shape index (κ2) is 7.35. The van der Waals surface area contributed by atoms with Gasteiger partial charge in [-0.25, -0.2) is 13.2 Å². The fourth-order valence-corrected chi connectivity index (χ4v) is 5.94. The lowest BCUT2D eigenvalue weighted by molar-refractivity contribution is 0.246. The molecule has 1 saturated heterocycles. The molecule has 0 spiro atoms. The second-order valence-corrected chi connectivity index (χ2v) is 9.97. The lowest BCUT2D eigenvalue weighted by atomic mass is 10.0. The van der Waals surface area contributed by atoms with Crippen molar-refractivity contribution in [1.82, 2.24) is 19.0 Å². The Morgan fingerprint density at radius 2 is 2.03 bits per heavy atom. The Morgan fingerprint density at radius 1 is 1.20 bits per heavy atom. The topological polar surface area (TPSA) is 111 Å². The summed E-state index contributed by atoms with van der Waals surface area (Å²) in [6, 6.07) is 4.60. The molecule has 0 N–H and O–H groups in total. The van der Waals surface area contributed by atoms with Crippen LogP contribution in [0.25, 0.3) is 11.1 Å². The number of benzene rings is 1. The Morgan fingerprint density at radius 3 is 2.80 bits per heavy atom. The molecule has 2 aromatic heterocycles. The van der Waals surface area contributed by atoms with E-state index in [4.69, 9.17) is 8.94 Å². The molecule has 30 heavy (non-hydrogen) atoms. The Kier molecular flexibility index (Phi) is 4.78. The summed E-state index contributed by atoms with van der Waals surface area (Å²) in [5.41, 5.74) is 0.736. The van der Waals surface area contributed by atoms with E-state index < -0.39 is 15.8 Å². The van der Waals surface area contributed by atoms with Crippen molar-refractivity contribution in [2.75, 3.05) is 6.54 Å². The van der Waals surface area contributed by atoms with Gasteiger partial charge in [-0.2, -0.15) is 9.29 Å². The SMILES string of the molecule is CC[C@H]1CCCCN1S(=O)(=O)c1ccc2c(c1)oc(=O)n2Cc1noc(C2CC2)n1. The van der Waals surface area contributed by atoms with Gasteiger partial charge in [0.2, 0.25) is 15.9 Å². The summed E-state index contributed by atoms with van der Waals surface area (Å²) in [5.74, 6) is 0.754. The minimum atomic E-state index is -3.65. The van der Waals surface area contributed by atoms with Crippen molar-refractivity contribution in [2.45, 2.75) is 68.8 Å². The van der Waals surface area contributed by atoms with E-state index in [1.165, 1.54) is 16.7 Å². The molecule has 0 unspecified atom stereocenters. The molecule has 3 aromatic rings. The molecule has 3 heterocycles. The monoisotopic (exact) mass is 432 g/mol. The zero-order valence-electron chi connectivity index (χ0n) is 16.8. The van der Waals surface area contributed by atoms with Crippen molar-refractivity contribution in [3.63, 3.8) is 0 Å². The van der Waals surface area contributed by atoms with Gasteiger partial charge in [0.1, 0.15) is 0 Å². The van der Waals surface area contributed by atoms with E-state index in [0.29, 0.717) is 29.7 Å². The molecule has 1 saturated carbocycles. The average molecular weight is 433 g/mol. The zero-order chi connectivity index (χ0) is 20.9. The number of piperidine rings is 1. The van der Waals surface area contributed by atoms with Gasteiger partial charge in [0.25, 0.3) is 0 Å². The number of fused-ring (bicyclic) bond motifs is 1. The van der Waals surface area contributed by atoms with Crippen LogP contribution in [0.5, 0.6) is 0 Å². The van der Waals surface area contributed by atoms with Crippen LogP contribution in [0.2, 0.25) is 0 Å². The molecule has 1 aliphatic carbocycles. The molecule has 0 bridgehead atoms. The van der Waals surface area contributed by atoms with Gasteiger partial charge in [0, 0.05) is 24.6 Å². The maximum Gasteiger partial charge on any atom is 0.420 e. The van der Waals surface area contributed by atoms with Gasteiger partial charge in [-0.15, -0.1) is 0 Å². The van der Waals surface area contributed by atoms with E-state index >= 15 is 0 Å². The van der Waals surface area contributed by atoms with Crippen LogP contribution in [0.15, 0.2) is 36.8 Å². The van der Waals surface area contributed by atoms with E-state index in [2.05, 4.69) is 10.1 Å². The van der Waals surface area contributed by atoms with Crippen molar-refractivity contribution >= 4 is 21.1 Å². The first kappa shape index (κ1) is 19.5. The third-order valence-corrected chi connectivity index (χ3v) is 7.95. The predicted molar refractivity (Wildman–Crippen MR) is 108 cm³/mol. The minimum Gasteiger partial charge on any atom is -0.408 e. The highest BCUT2D eigenvalue weighted by Crippen LogP contribution is 2.38. The smallest absolute Gasteiger partial charge is 0.408 e. The minimum absolute atomic E-state index is 0.00922. The van der Waals surface area contributed by atoms with Crippen LogP contribution in [0.3, 0.4) is 0 Å². The number of rotatable bonds is 6. The average Bonchev–Trinajstić information content (AvgIpc) is 3.42. The van der Waals surface area contributed by atoms with Crippen molar-refractivity contribution in [3.05, 3.63) is 40.5 Å². The van der Waals surface area contributed by atoms with Crippen molar-refractivity contribution in [3.8, 4) is 0 Å². The largest absolute Gasteiger partial charge is 0.420 e. The Hall–Kier alpha value is -2.46. The summed E-state index contributed by atoms with van der Waals surface area (Å²) < 4.78 is 40.0. The van der Waals surface area contributed by atoms with Gasteiger partial charge in [-0.05, 0) is 44.2 Å². The van der Waals surface area contributed by atoms with Crippen LogP contribution in [0, 0.1) is 0 Å². The van der Waals surface area contributed by atoms with E-state index in [0.717, 1.165) is 38.5 Å². The van der Waals surface area contributed by atoms with E-state index in [1.807, 2.05) is 6.92 Å². The highest BCUT2D eigenvalue weighted by molar-refractivity contribution is 7.89. The molecule has 1 aromatic carbocycles. The number of hydrogen-bond donors (Lipinski definition) is 0. The summed E-state index contributed by atoms with van der Waals surface area (Å²) in [6.07, 6.45) is 5.64. The van der Waals surface area contributed by atoms with Crippen molar-refractivity contribution in [1.29, 1.82) is 0 Å². The summed E-state index contributed by atoms with van der Waals surface area (Å²) in [6.45, 7) is 2.64. The standard InChI is InChI=1S/C20H24N4O5S/c1-2-14-5-3-4-10-24(14)30(26,27)15-8-9-16-17(11-15)28-20(25)23(16)12-18-21-19(29-22-18)13-6-7-13/h8-9,11,13-14H,2-7,10,12H2,1H3/t14-/m0/s1. The van der Waals surface area contributed by atoms with Crippen molar-refractivity contribution < 1.29 is 17.4 Å². The number of sulfonamides is 1. The van der Waals surface area contributed by atoms with Gasteiger partial charge in [0.15, 0.2) is 11.4 Å². The molecule has 2 fully saturated rings. The van der Waals surface area contributed by atoms with Crippen LogP contribution in [0.1, 0.15) is 63.1 Å². The Bertz CT molecular complexity index is 1240. The molecular formula is C20H24N4O5S. The van der Waals surface area contributed by atoms with Crippen LogP contribution in [0.4, 0.5) is 0 Å². The molecular weight excluding hydrogens is 408 g/mol. The molecule has 0 radical (unpaired) electrons. The van der Waals surface area contributed by atoms with Crippen LogP contribution >= 0.6 is 0 Å². The third-order valence-electron chi connectivity index (χ3n) is 6.00. The molecule has 2 aliphatic rings. The third kappa shape index (κ3) is 3.37. The van der Waals surface area contributed by atoms with E-state index in [-0.39, 0.29) is 23.1 Å². The first-order valence-electron chi connectivity index (χ1n) is 10.4. The maximum atomic E-state index is 13.2. The lowest BCUT2D eigenvalue weighted by Gasteiger charge is -2.34. The quantitative estimate of drug-likeness (QED) is 0.589. The summed E-state index contributed by atoms with van der Waals surface area (Å²) in [5, 5.41) is 3.95. The van der Waals surface area contributed by atoms with Crippen LogP contribution in [-0.4, -0.2) is 40.0 Å². The summed E-state index contributed by atoms with van der Waals surface area (Å²) in [4.78, 5) is 16.9. The van der Waals surface area contributed by atoms with E-state index in [9.17, 15) is 13.2 Å². The first-order valence-corrected chi connectivity index (χ1v) is 11.9. The maximum absolute atomic E-state index is 13.2. The normalized spacial score (nSPS) is 20.8. The summed E-state index contributed by atoms with van der Waals surface area (Å²) in [7, 11) is -3.65. The molecule has 1 aliphatic heterocycles. The van der Waals surface area contributed by atoms with Gasteiger partial charge in [-0.3, -0.25) is 4.57 Å². The fraction of sp³-hybridized carbons (Fsp3) is 0.550. The fourth-order valence-electron chi connectivity index (χ4n) is 4.16. The van der Waals surface area contributed by atoms with Gasteiger partial charge in [-0.1, -0.05) is 18.5 Å². The second-order valence-electron chi connectivity index (χ2n) is 8.08. The van der Waals surface area contributed by atoms with Gasteiger partial charge in [0.05, 0.1) is 17.0 Å². The van der Waals surface area contributed by atoms with Gasteiger partial charge < -0.3 is 8.94 Å². The zero-order valence-corrected chi connectivity index (χ0v) is 17.6.